The summed E-state index contributed by atoms with van der Waals surface area (Å²) in [7, 11) is 1.59. The quantitative estimate of drug-likeness (QED) is 0.859. The molecule has 0 aliphatic heterocycles. The van der Waals surface area contributed by atoms with E-state index in [0.717, 1.165) is 12.2 Å². The molecule has 1 N–H and O–H groups in total. The minimum Gasteiger partial charge on any atom is -0.497 e. The van der Waals surface area contributed by atoms with Gasteiger partial charge in [-0.1, -0.05) is 18.5 Å². The zero-order chi connectivity index (χ0) is 15.9. The lowest BCUT2D eigenvalue weighted by Crippen LogP contribution is -2.14. The third kappa shape index (κ3) is 4.15. The summed E-state index contributed by atoms with van der Waals surface area (Å²) in [5.41, 5.74) is 1.09. The van der Waals surface area contributed by atoms with Gasteiger partial charge in [0.05, 0.1) is 19.3 Å². The maximum atomic E-state index is 12.4. The number of hydrogen-bond donors (Lipinski definition) is 1. The fourth-order valence-electron chi connectivity index (χ4n) is 1.89. The first-order valence-electron chi connectivity index (χ1n) is 7.01. The van der Waals surface area contributed by atoms with Crippen LogP contribution in [0.3, 0.4) is 0 Å². The summed E-state index contributed by atoms with van der Waals surface area (Å²) >= 11 is 5.99. The molecule has 0 fully saturated rings. The van der Waals surface area contributed by atoms with E-state index in [1.807, 2.05) is 6.92 Å². The van der Waals surface area contributed by atoms with Crippen molar-refractivity contribution < 1.29 is 14.3 Å². The number of carbonyl (C=O) groups excluding carboxylic acids is 1. The van der Waals surface area contributed by atoms with Crippen LogP contribution in [0.4, 0.5) is 5.69 Å². The normalized spacial score (nSPS) is 10.1. The van der Waals surface area contributed by atoms with Crippen molar-refractivity contribution in [2.45, 2.75) is 13.3 Å². The van der Waals surface area contributed by atoms with Gasteiger partial charge in [-0.05, 0) is 48.9 Å². The molecule has 0 aliphatic carbocycles. The SMILES string of the molecule is CCCOc1ccc(Cl)cc1C(=O)Nc1ccc(OC)cc1. The summed E-state index contributed by atoms with van der Waals surface area (Å²) in [6, 6.07) is 12.1. The van der Waals surface area contributed by atoms with E-state index >= 15 is 0 Å². The van der Waals surface area contributed by atoms with Crippen LogP contribution in [0.15, 0.2) is 42.5 Å². The Morgan fingerprint density at radius 2 is 1.91 bits per heavy atom. The van der Waals surface area contributed by atoms with Crippen molar-refractivity contribution in [1.82, 2.24) is 0 Å². The number of anilines is 1. The highest BCUT2D eigenvalue weighted by Gasteiger charge is 2.13. The zero-order valence-electron chi connectivity index (χ0n) is 12.6. The molecule has 0 spiro atoms. The van der Waals surface area contributed by atoms with Crippen LogP contribution in [0, 0.1) is 0 Å². The maximum absolute atomic E-state index is 12.4. The van der Waals surface area contributed by atoms with Crippen LogP contribution in [0.5, 0.6) is 11.5 Å². The number of carbonyl (C=O) groups is 1. The highest BCUT2D eigenvalue weighted by molar-refractivity contribution is 6.31. The second-order valence-corrected chi connectivity index (χ2v) is 5.11. The molecule has 5 heteroatoms. The topological polar surface area (TPSA) is 47.6 Å². The molecule has 0 radical (unpaired) electrons. The Balaban J connectivity index is 2.18. The smallest absolute Gasteiger partial charge is 0.259 e. The Morgan fingerprint density at radius 3 is 2.55 bits per heavy atom. The molecule has 0 aromatic heterocycles. The second-order valence-electron chi connectivity index (χ2n) is 4.67. The molecule has 0 saturated heterocycles. The molecule has 0 heterocycles. The van der Waals surface area contributed by atoms with Crippen LogP contribution >= 0.6 is 11.6 Å². The summed E-state index contributed by atoms with van der Waals surface area (Å²) in [5, 5.41) is 3.31. The van der Waals surface area contributed by atoms with E-state index < -0.39 is 0 Å². The number of nitrogens with one attached hydrogen (secondary N) is 1. The van der Waals surface area contributed by atoms with Gasteiger partial charge in [-0.25, -0.2) is 0 Å². The summed E-state index contributed by atoms with van der Waals surface area (Å²) in [6.45, 7) is 2.55. The van der Waals surface area contributed by atoms with E-state index in [-0.39, 0.29) is 5.91 Å². The van der Waals surface area contributed by atoms with E-state index in [9.17, 15) is 4.79 Å². The fourth-order valence-corrected chi connectivity index (χ4v) is 2.06. The van der Waals surface area contributed by atoms with Gasteiger partial charge < -0.3 is 14.8 Å². The van der Waals surface area contributed by atoms with E-state index in [4.69, 9.17) is 21.1 Å². The van der Waals surface area contributed by atoms with Gasteiger partial charge in [-0.2, -0.15) is 0 Å². The third-order valence-corrected chi connectivity index (χ3v) is 3.23. The number of ether oxygens (including phenoxy) is 2. The van der Waals surface area contributed by atoms with Crippen LogP contribution in [0.2, 0.25) is 5.02 Å². The molecule has 0 saturated carbocycles. The van der Waals surface area contributed by atoms with Gasteiger partial charge in [-0.3, -0.25) is 4.79 Å². The average molecular weight is 320 g/mol. The highest BCUT2D eigenvalue weighted by atomic mass is 35.5. The summed E-state index contributed by atoms with van der Waals surface area (Å²) in [5.74, 6) is 0.990. The van der Waals surface area contributed by atoms with Crippen molar-refractivity contribution in [3.63, 3.8) is 0 Å². The van der Waals surface area contributed by atoms with Crippen LogP contribution in [0.1, 0.15) is 23.7 Å². The number of hydrogen-bond acceptors (Lipinski definition) is 3. The Morgan fingerprint density at radius 1 is 1.18 bits per heavy atom. The van der Waals surface area contributed by atoms with Gasteiger partial charge in [0, 0.05) is 10.7 Å². The zero-order valence-corrected chi connectivity index (χ0v) is 13.3. The molecule has 2 aromatic rings. The first-order chi connectivity index (χ1) is 10.6. The molecule has 0 bridgehead atoms. The lowest BCUT2D eigenvalue weighted by atomic mass is 10.1. The largest absolute Gasteiger partial charge is 0.497 e. The molecule has 4 nitrogen and oxygen atoms in total. The second kappa shape index (κ2) is 7.71. The molecule has 0 unspecified atom stereocenters. The number of benzene rings is 2. The predicted molar refractivity (Wildman–Crippen MR) is 88.2 cm³/mol. The lowest BCUT2D eigenvalue weighted by Gasteiger charge is -2.12. The van der Waals surface area contributed by atoms with Gasteiger partial charge in [0.1, 0.15) is 11.5 Å². The molecule has 22 heavy (non-hydrogen) atoms. The summed E-state index contributed by atoms with van der Waals surface area (Å²) in [6.07, 6.45) is 0.863. The van der Waals surface area contributed by atoms with Crippen molar-refractivity contribution in [2.24, 2.45) is 0 Å². The standard InChI is InChI=1S/C17H18ClNO3/c1-3-10-22-16-9-4-12(18)11-15(16)17(20)19-13-5-7-14(21-2)8-6-13/h4-9,11H,3,10H2,1-2H3,(H,19,20). The summed E-state index contributed by atoms with van der Waals surface area (Å²) < 4.78 is 10.7. The van der Waals surface area contributed by atoms with Gasteiger partial charge in [0.25, 0.3) is 5.91 Å². The molecule has 0 atom stereocenters. The molecular formula is C17H18ClNO3. The van der Waals surface area contributed by atoms with Crippen LogP contribution in [-0.4, -0.2) is 19.6 Å². The van der Waals surface area contributed by atoms with Gasteiger partial charge in [0.2, 0.25) is 0 Å². The molecule has 116 valence electrons. The Kier molecular flexibility index (Phi) is 5.67. The Hall–Kier alpha value is -2.20. The van der Waals surface area contributed by atoms with Crippen LogP contribution < -0.4 is 14.8 Å². The van der Waals surface area contributed by atoms with Crippen molar-refractivity contribution >= 4 is 23.2 Å². The van der Waals surface area contributed by atoms with Crippen LogP contribution in [-0.2, 0) is 0 Å². The van der Waals surface area contributed by atoms with Crippen LogP contribution in [0.25, 0.3) is 0 Å². The molecular weight excluding hydrogens is 302 g/mol. The molecule has 1 amide bonds. The van der Waals surface area contributed by atoms with Crippen molar-refractivity contribution in [3.8, 4) is 11.5 Å². The average Bonchev–Trinajstić information content (AvgIpc) is 2.54. The Bertz CT molecular complexity index is 641. The van der Waals surface area contributed by atoms with E-state index in [1.165, 1.54) is 0 Å². The number of rotatable bonds is 6. The minimum atomic E-state index is -0.265. The van der Waals surface area contributed by atoms with Gasteiger partial charge >= 0.3 is 0 Å². The van der Waals surface area contributed by atoms with Crippen molar-refractivity contribution in [1.29, 1.82) is 0 Å². The number of methoxy groups -OCH3 is 1. The third-order valence-electron chi connectivity index (χ3n) is 3.00. The Labute approximate surface area is 135 Å². The van der Waals surface area contributed by atoms with Crippen molar-refractivity contribution in [2.75, 3.05) is 19.0 Å². The minimum absolute atomic E-state index is 0.265. The van der Waals surface area contributed by atoms with Gasteiger partial charge in [0.15, 0.2) is 0 Å². The maximum Gasteiger partial charge on any atom is 0.259 e. The summed E-state index contributed by atoms with van der Waals surface area (Å²) in [4.78, 5) is 12.4. The fraction of sp³-hybridized carbons (Fsp3) is 0.235. The molecule has 0 aliphatic rings. The van der Waals surface area contributed by atoms with E-state index in [2.05, 4.69) is 5.32 Å². The first kappa shape index (κ1) is 16.2. The molecule has 2 rings (SSSR count). The first-order valence-corrected chi connectivity index (χ1v) is 7.39. The highest BCUT2D eigenvalue weighted by Crippen LogP contribution is 2.25. The van der Waals surface area contributed by atoms with Crippen molar-refractivity contribution in [3.05, 3.63) is 53.1 Å². The molecule has 2 aromatic carbocycles. The number of halogens is 1. The predicted octanol–water partition coefficient (Wildman–Crippen LogP) is 4.39. The van der Waals surface area contributed by atoms with E-state index in [1.54, 1.807) is 49.6 Å². The van der Waals surface area contributed by atoms with Gasteiger partial charge in [-0.15, -0.1) is 0 Å². The van der Waals surface area contributed by atoms with E-state index in [0.29, 0.717) is 28.6 Å². The monoisotopic (exact) mass is 319 g/mol. The number of amides is 1. The lowest BCUT2D eigenvalue weighted by molar-refractivity contribution is 0.102.